The second kappa shape index (κ2) is 6.75. The minimum Gasteiger partial charge on any atom is -0.271 e. The van der Waals surface area contributed by atoms with Crippen LogP contribution < -0.4 is 11.3 Å². The first kappa shape index (κ1) is 12.3. The fraction of sp³-hybridized carbons (Fsp3) is 1.00. The predicted octanol–water partition coefficient (Wildman–Crippen LogP) is 2.01. The molecule has 0 amide bonds. The van der Waals surface area contributed by atoms with Gasteiger partial charge >= 0.3 is 0 Å². The van der Waals surface area contributed by atoms with Crippen LogP contribution in [0.3, 0.4) is 0 Å². The molecule has 0 aliphatic carbocycles. The Bertz CT molecular complexity index is 105. The first-order valence-electron chi connectivity index (χ1n) is 4.64. The van der Waals surface area contributed by atoms with Crippen molar-refractivity contribution in [3.63, 3.8) is 0 Å². The molecule has 0 aromatic rings. The summed E-state index contributed by atoms with van der Waals surface area (Å²) in [5, 5.41) is 0.702. The number of hydrogen-bond donors (Lipinski definition) is 2. The minimum absolute atomic E-state index is 0.470. The van der Waals surface area contributed by atoms with Crippen molar-refractivity contribution in [2.24, 2.45) is 11.8 Å². The zero-order valence-electron chi connectivity index (χ0n) is 8.63. The van der Waals surface area contributed by atoms with E-state index < -0.39 is 0 Å². The lowest BCUT2D eigenvalue weighted by Gasteiger charge is -2.18. The maximum atomic E-state index is 5.44. The van der Waals surface area contributed by atoms with Gasteiger partial charge in [0.1, 0.15) is 0 Å². The van der Waals surface area contributed by atoms with Crippen molar-refractivity contribution in [2.75, 3.05) is 5.75 Å². The molecule has 3 heteroatoms. The Kier molecular flexibility index (Phi) is 6.90. The summed E-state index contributed by atoms with van der Waals surface area (Å²) in [6.45, 7) is 8.88. The van der Waals surface area contributed by atoms with Gasteiger partial charge in [-0.15, -0.1) is 0 Å². The molecule has 0 fully saturated rings. The van der Waals surface area contributed by atoms with Gasteiger partial charge in [0, 0.05) is 11.8 Å². The quantitative estimate of drug-likeness (QED) is 0.497. The highest BCUT2D eigenvalue weighted by Crippen LogP contribution is 2.14. The number of hydrogen-bond acceptors (Lipinski definition) is 3. The Morgan fingerprint density at radius 1 is 1.25 bits per heavy atom. The maximum absolute atomic E-state index is 5.44. The zero-order chi connectivity index (χ0) is 9.56. The molecular weight excluding hydrogens is 168 g/mol. The van der Waals surface area contributed by atoms with Crippen LogP contribution in [0.5, 0.6) is 0 Å². The van der Waals surface area contributed by atoms with E-state index in [-0.39, 0.29) is 0 Å². The second-order valence-corrected chi connectivity index (χ2v) is 5.48. The van der Waals surface area contributed by atoms with Crippen LogP contribution in [0.4, 0.5) is 0 Å². The van der Waals surface area contributed by atoms with Crippen molar-refractivity contribution in [2.45, 2.75) is 45.4 Å². The van der Waals surface area contributed by atoms with E-state index >= 15 is 0 Å². The summed E-state index contributed by atoms with van der Waals surface area (Å²) in [5.41, 5.74) is 2.87. The summed E-state index contributed by atoms with van der Waals surface area (Å²) < 4.78 is 0. The van der Waals surface area contributed by atoms with Gasteiger partial charge in [0.05, 0.1) is 0 Å². The summed E-state index contributed by atoms with van der Waals surface area (Å²) in [6.07, 6.45) is 1.16. The van der Waals surface area contributed by atoms with Gasteiger partial charge in [0.15, 0.2) is 0 Å². The monoisotopic (exact) mass is 190 g/mol. The van der Waals surface area contributed by atoms with Crippen LogP contribution in [0.15, 0.2) is 0 Å². The van der Waals surface area contributed by atoms with Crippen LogP contribution in [0.2, 0.25) is 0 Å². The average molecular weight is 190 g/mol. The third-order valence-corrected chi connectivity index (χ3v) is 2.88. The van der Waals surface area contributed by atoms with Crippen molar-refractivity contribution in [3.05, 3.63) is 0 Å². The molecule has 3 N–H and O–H groups in total. The van der Waals surface area contributed by atoms with E-state index in [9.17, 15) is 0 Å². The van der Waals surface area contributed by atoms with Crippen molar-refractivity contribution >= 4 is 11.8 Å². The molecule has 0 aromatic heterocycles. The topological polar surface area (TPSA) is 38.0 Å². The van der Waals surface area contributed by atoms with Gasteiger partial charge in [-0.2, -0.15) is 11.8 Å². The molecule has 74 valence electrons. The number of nitrogens with two attached hydrogens (primary N) is 1. The first-order chi connectivity index (χ1) is 5.56. The molecule has 0 spiro atoms. The highest BCUT2D eigenvalue weighted by molar-refractivity contribution is 7.99. The molecule has 0 saturated heterocycles. The maximum Gasteiger partial charge on any atom is 0.0303 e. The standard InChI is InChI=1S/C9H22N2S/c1-7(2)5-9(11-10)6-12-8(3)4/h7-9,11H,5-6,10H2,1-4H3. The summed E-state index contributed by atoms with van der Waals surface area (Å²) >= 11 is 1.96. The van der Waals surface area contributed by atoms with Gasteiger partial charge in [-0.3, -0.25) is 11.3 Å². The van der Waals surface area contributed by atoms with Gasteiger partial charge in [-0.1, -0.05) is 27.7 Å². The highest BCUT2D eigenvalue weighted by Gasteiger charge is 2.09. The number of nitrogens with one attached hydrogen (secondary N) is 1. The summed E-state index contributed by atoms with van der Waals surface area (Å²) in [6, 6.07) is 0.470. The summed E-state index contributed by atoms with van der Waals surface area (Å²) in [4.78, 5) is 0. The fourth-order valence-electron chi connectivity index (χ4n) is 1.06. The predicted molar refractivity (Wildman–Crippen MR) is 58.2 cm³/mol. The van der Waals surface area contributed by atoms with Gasteiger partial charge in [0.2, 0.25) is 0 Å². The van der Waals surface area contributed by atoms with Crippen LogP contribution in [0.25, 0.3) is 0 Å². The Labute approximate surface area is 80.6 Å². The Morgan fingerprint density at radius 3 is 2.17 bits per heavy atom. The Balaban J connectivity index is 3.53. The van der Waals surface area contributed by atoms with Crippen molar-refractivity contribution in [1.82, 2.24) is 5.43 Å². The lowest BCUT2D eigenvalue weighted by molar-refractivity contribution is 0.456. The molecule has 2 nitrogen and oxygen atoms in total. The Hall–Kier alpha value is 0.270. The molecule has 1 atom stereocenters. The number of thioether (sulfide) groups is 1. The van der Waals surface area contributed by atoms with E-state index in [1.165, 1.54) is 0 Å². The van der Waals surface area contributed by atoms with Crippen LogP contribution in [-0.2, 0) is 0 Å². The van der Waals surface area contributed by atoms with Crippen molar-refractivity contribution in [3.8, 4) is 0 Å². The smallest absolute Gasteiger partial charge is 0.0303 e. The largest absolute Gasteiger partial charge is 0.271 e. The van der Waals surface area contributed by atoms with Crippen LogP contribution >= 0.6 is 11.8 Å². The molecule has 0 aliphatic rings. The van der Waals surface area contributed by atoms with E-state index in [2.05, 4.69) is 33.1 Å². The van der Waals surface area contributed by atoms with Crippen molar-refractivity contribution in [1.29, 1.82) is 0 Å². The van der Waals surface area contributed by atoms with E-state index in [0.717, 1.165) is 18.1 Å². The van der Waals surface area contributed by atoms with Crippen molar-refractivity contribution < 1.29 is 0 Å². The zero-order valence-corrected chi connectivity index (χ0v) is 9.45. The molecular formula is C9H22N2S. The molecule has 0 radical (unpaired) electrons. The van der Waals surface area contributed by atoms with Crippen LogP contribution in [0.1, 0.15) is 34.1 Å². The first-order valence-corrected chi connectivity index (χ1v) is 5.68. The van der Waals surface area contributed by atoms with Gasteiger partial charge < -0.3 is 0 Å². The SMILES string of the molecule is CC(C)CC(CSC(C)C)NN. The molecule has 0 aliphatic heterocycles. The molecule has 12 heavy (non-hydrogen) atoms. The number of rotatable bonds is 6. The van der Waals surface area contributed by atoms with Crippen LogP contribution in [0, 0.1) is 5.92 Å². The molecule has 0 rings (SSSR count). The van der Waals surface area contributed by atoms with E-state index in [0.29, 0.717) is 11.3 Å². The van der Waals surface area contributed by atoms with Gasteiger partial charge in [0.25, 0.3) is 0 Å². The third-order valence-electron chi connectivity index (χ3n) is 1.62. The molecule has 0 saturated carbocycles. The summed E-state index contributed by atoms with van der Waals surface area (Å²) in [5.74, 6) is 7.28. The molecule has 0 heterocycles. The van der Waals surface area contributed by atoms with E-state index in [1.54, 1.807) is 0 Å². The fourth-order valence-corrected chi connectivity index (χ4v) is 1.91. The van der Waals surface area contributed by atoms with Gasteiger partial charge in [-0.05, 0) is 17.6 Å². The number of hydrazine groups is 1. The lowest BCUT2D eigenvalue weighted by Crippen LogP contribution is -2.38. The third kappa shape index (κ3) is 6.95. The second-order valence-electron chi connectivity index (χ2n) is 3.88. The lowest BCUT2D eigenvalue weighted by atomic mass is 10.1. The van der Waals surface area contributed by atoms with E-state index in [1.807, 2.05) is 11.8 Å². The average Bonchev–Trinajstić information content (AvgIpc) is 1.97. The molecule has 0 bridgehead atoms. The van der Waals surface area contributed by atoms with Gasteiger partial charge in [-0.25, -0.2) is 0 Å². The molecule has 0 aromatic carbocycles. The highest BCUT2D eigenvalue weighted by atomic mass is 32.2. The van der Waals surface area contributed by atoms with Crippen LogP contribution in [-0.4, -0.2) is 17.0 Å². The Morgan fingerprint density at radius 2 is 1.83 bits per heavy atom. The van der Waals surface area contributed by atoms with E-state index in [4.69, 9.17) is 5.84 Å². The minimum atomic E-state index is 0.470. The normalized spacial score (nSPS) is 14.2. The summed E-state index contributed by atoms with van der Waals surface area (Å²) in [7, 11) is 0. The molecule has 1 unspecified atom stereocenters.